The zero-order chi connectivity index (χ0) is 14.7. The minimum absolute atomic E-state index is 0.467. The quantitative estimate of drug-likeness (QED) is 0.899. The molecule has 0 saturated carbocycles. The van der Waals surface area contributed by atoms with E-state index < -0.39 is 0 Å². The van der Waals surface area contributed by atoms with Crippen LogP contribution >= 0.6 is 0 Å². The van der Waals surface area contributed by atoms with Gasteiger partial charge in [0.15, 0.2) is 0 Å². The molecule has 0 aromatic carbocycles. The summed E-state index contributed by atoms with van der Waals surface area (Å²) in [7, 11) is 2.06. The smallest absolute Gasteiger partial charge is 0.0644 e. The highest BCUT2D eigenvalue weighted by atomic mass is 15.3. The molecule has 0 bridgehead atoms. The Morgan fingerprint density at radius 1 is 1.35 bits per heavy atom. The average Bonchev–Trinajstić information content (AvgIpc) is 2.73. The highest BCUT2D eigenvalue weighted by molar-refractivity contribution is 5.28. The molecule has 1 saturated heterocycles. The van der Waals surface area contributed by atoms with E-state index in [2.05, 4.69) is 54.7 Å². The van der Waals surface area contributed by atoms with Crippen molar-refractivity contribution in [2.45, 2.75) is 65.6 Å². The Bertz CT molecular complexity index is 436. The van der Waals surface area contributed by atoms with E-state index in [9.17, 15) is 0 Å². The number of piperidine rings is 1. The van der Waals surface area contributed by atoms with Gasteiger partial charge >= 0.3 is 0 Å². The highest BCUT2D eigenvalue weighted by Gasteiger charge is 2.29. The zero-order valence-corrected chi connectivity index (χ0v) is 13.7. The molecular weight excluding hydrogens is 248 g/mol. The largest absolute Gasteiger partial charge is 0.318 e. The fraction of sp³-hybridized carbons (Fsp3) is 0.812. The summed E-state index contributed by atoms with van der Waals surface area (Å²) in [6, 6.07) is 1.13. The Labute approximate surface area is 123 Å². The van der Waals surface area contributed by atoms with Gasteiger partial charge in [-0.1, -0.05) is 6.42 Å². The van der Waals surface area contributed by atoms with Crippen LogP contribution in [0.25, 0.3) is 0 Å². The lowest BCUT2D eigenvalue weighted by Crippen LogP contribution is -2.46. The second-order valence-corrected chi connectivity index (χ2v) is 6.02. The van der Waals surface area contributed by atoms with Crippen LogP contribution in [0.2, 0.25) is 0 Å². The summed E-state index contributed by atoms with van der Waals surface area (Å²) in [5.41, 5.74) is 3.98. The Hall–Kier alpha value is -0.870. The van der Waals surface area contributed by atoms with E-state index in [1.54, 1.807) is 0 Å². The third-order valence-electron chi connectivity index (χ3n) is 4.76. The van der Waals surface area contributed by atoms with Crippen molar-refractivity contribution < 1.29 is 0 Å². The molecule has 4 nitrogen and oxygen atoms in total. The molecule has 1 fully saturated rings. The molecule has 114 valence electrons. The van der Waals surface area contributed by atoms with Crippen LogP contribution in [-0.4, -0.2) is 40.9 Å². The first-order valence-corrected chi connectivity index (χ1v) is 8.04. The Morgan fingerprint density at radius 2 is 2.10 bits per heavy atom. The van der Waals surface area contributed by atoms with Crippen molar-refractivity contribution >= 4 is 0 Å². The topological polar surface area (TPSA) is 33.1 Å². The van der Waals surface area contributed by atoms with E-state index in [1.165, 1.54) is 42.8 Å². The lowest BCUT2D eigenvalue weighted by Gasteiger charge is -2.40. The molecule has 1 aromatic rings. The monoisotopic (exact) mass is 278 g/mol. The van der Waals surface area contributed by atoms with Gasteiger partial charge in [-0.15, -0.1) is 0 Å². The van der Waals surface area contributed by atoms with Crippen molar-refractivity contribution in [1.29, 1.82) is 0 Å². The van der Waals surface area contributed by atoms with E-state index >= 15 is 0 Å². The molecule has 0 amide bonds. The van der Waals surface area contributed by atoms with Gasteiger partial charge in [-0.3, -0.25) is 9.58 Å². The Kier molecular flexibility index (Phi) is 5.22. The number of aromatic nitrogens is 2. The normalized spacial score (nSPS) is 22.1. The summed E-state index contributed by atoms with van der Waals surface area (Å²) in [6.07, 6.45) is 4.00. The van der Waals surface area contributed by atoms with Crippen LogP contribution in [0.3, 0.4) is 0 Å². The van der Waals surface area contributed by atoms with Crippen LogP contribution in [0, 0.1) is 13.8 Å². The van der Waals surface area contributed by atoms with E-state index in [0.29, 0.717) is 12.1 Å². The van der Waals surface area contributed by atoms with Crippen molar-refractivity contribution in [3.8, 4) is 0 Å². The molecule has 2 unspecified atom stereocenters. The number of rotatable bonds is 5. The van der Waals surface area contributed by atoms with E-state index in [1.807, 2.05) is 0 Å². The summed E-state index contributed by atoms with van der Waals surface area (Å²) in [6.45, 7) is 12.1. The number of aryl methyl sites for hydroxylation is 2. The first-order valence-electron chi connectivity index (χ1n) is 8.04. The summed E-state index contributed by atoms with van der Waals surface area (Å²) in [5, 5.41) is 8.05. The fourth-order valence-electron chi connectivity index (χ4n) is 3.78. The lowest BCUT2D eigenvalue weighted by molar-refractivity contribution is 0.102. The van der Waals surface area contributed by atoms with Gasteiger partial charge in [-0.2, -0.15) is 5.10 Å². The second kappa shape index (κ2) is 6.72. The fourth-order valence-corrected chi connectivity index (χ4v) is 3.78. The molecule has 1 aromatic heterocycles. The Morgan fingerprint density at radius 3 is 2.70 bits per heavy atom. The minimum Gasteiger partial charge on any atom is -0.318 e. The number of likely N-dealkylation sites (N-methyl/N-ethyl adjacent to an activating group) is 1. The maximum Gasteiger partial charge on any atom is 0.0644 e. The standard InChI is InChI=1S/C16H30N4/c1-6-20-14(4)16(12(2)18-20)13(3)19-10-8-7-9-15(19)11-17-5/h13,15,17H,6-11H2,1-5H3. The molecular formula is C16H30N4. The molecule has 2 heterocycles. The summed E-state index contributed by atoms with van der Waals surface area (Å²) < 4.78 is 2.14. The highest BCUT2D eigenvalue weighted by Crippen LogP contribution is 2.31. The maximum atomic E-state index is 4.69. The van der Waals surface area contributed by atoms with E-state index in [-0.39, 0.29) is 0 Å². The van der Waals surface area contributed by atoms with Gasteiger partial charge in [0.05, 0.1) is 5.69 Å². The number of hydrogen-bond acceptors (Lipinski definition) is 3. The van der Waals surface area contributed by atoms with Crippen molar-refractivity contribution in [2.24, 2.45) is 0 Å². The average molecular weight is 278 g/mol. The van der Waals surface area contributed by atoms with Crippen molar-refractivity contribution in [2.75, 3.05) is 20.1 Å². The van der Waals surface area contributed by atoms with Crippen LogP contribution in [0.4, 0.5) is 0 Å². The molecule has 0 spiro atoms. The van der Waals surface area contributed by atoms with Crippen molar-refractivity contribution in [3.05, 3.63) is 17.0 Å². The molecule has 2 rings (SSSR count). The van der Waals surface area contributed by atoms with Gasteiger partial charge in [0, 0.05) is 36.4 Å². The molecule has 20 heavy (non-hydrogen) atoms. The van der Waals surface area contributed by atoms with Crippen LogP contribution in [-0.2, 0) is 6.54 Å². The van der Waals surface area contributed by atoms with Gasteiger partial charge in [0.2, 0.25) is 0 Å². The van der Waals surface area contributed by atoms with E-state index in [4.69, 9.17) is 0 Å². The molecule has 0 aliphatic carbocycles. The molecule has 1 aliphatic heterocycles. The first kappa shape index (κ1) is 15.5. The summed E-state index contributed by atoms with van der Waals surface area (Å²) in [4.78, 5) is 2.68. The molecule has 1 N–H and O–H groups in total. The van der Waals surface area contributed by atoms with Crippen LogP contribution in [0.5, 0.6) is 0 Å². The van der Waals surface area contributed by atoms with Gasteiger partial charge in [-0.05, 0) is 54.1 Å². The minimum atomic E-state index is 0.467. The molecule has 4 heteroatoms. The van der Waals surface area contributed by atoms with Crippen molar-refractivity contribution in [1.82, 2.24) is 20.0 Å². The maximum absolute atomic E-state index is 4.69. The third kappa shape index (κ3) is 2.91. The summed E-state index contributed by atoms with van der Waals surface area (Å²) in [5.74, 6) is 0. The zero-order valence-electron chi connectivity index (χ0n) is 13.7. The van der Waals surface area contributed by atoms with Gasteiger partial charge < -0.3 is 5.32 Å². The number of likely N-dealkylation sites (tertiary alicyclic amines) is 1. The van der Waals surface area contributed by atoms with Crippen molar-refractivity contribution in [3.63, 3.8) is 0 Å². The first-order chi connectivity index (χ1) is 9.60. The lowest BCUT2D eigenvalue weighted by atomic mass is 9.96. The van der Waals surface area contributed by atoms with Gasteiger partial charge in [0.25, 0.3) is 0 Å². The predicted octanol–water partition coefficient (Wildman–Crippen LogP) is 2.65. The molecule has 1 aliphatic rings. The number of nitrogens with one attached hydrogen (secondary N) is 1. The molecule has 2 atom stereocenters. The van der Waals surface area contributed by atoms with Gasteiger partial charge in [0.1, 0.15) is 0 Å². The third-order valence-corrected chi connectivity index (χ3v) is 4.76. The van der Waals surface area contributed by atoms with Crippen LogP contribution in [0.1, 0.15) is 56.1 Å². The SMILES string of the molecule is CCn1nc(C)c(C(C)N2CCCCC2CNC)c1C. The van der Waals surface area contributed by atoms with Crippen LogP contribution < -0.4 is 5.32 Å². The number of nitrogens with zero attached hydrogens (tertiary/aromatic N) is 3. The summed E-state index contributed by atoms with van der Waals surface area (Å²) >= 11 is 0. The second-order valence-electron chi connectivity index (χ2n) is 6.02. The van der Waals surface area contributed by atoms with Gasteiger partial charge in [-0.25, -0.2) is 0 Å². The molecule has 0 radical (unpaired) electrons. The Balaban J connectivity index is 2.24. The van der Waals surface area contributed by atoms with E-state index in [0.717, 1.165) is 13.1 Å². The predicted molar refractivity (Wildman–Crippen MR) is 84.1 cm³/mol. The number of hydrogen-bond donors (Lipinski definition) is 1. The van der Waals surface area contributed by atoms with Crippen LogP contribution in [0.15, 0.2) is 0 Å².